The summed E-state index contributed by atoms with van der Waals surface area (Å²) in [6.07, 6.45) is 3.84. The van der Waals surface area contributed by atoms with Crippen LogP contribution in [0.3, 0.4) is 0 Å². The Balaban J connectivity index is 1.62. The Morgan fingerprint density at radius 2 is 2.00 bits per heavy atom. The summed E-state index contributed by atoms with van der Waals surface area (Å²) in [5.74, 6) is 0.316. The normalized spacial score (nSPS) is 12.4. The molecule has 3 N–H and O–H groups in total. The Bertz CT molecular complexity index is 718. The fraction of sp³-hybridized carbons (Fsp3) is 0.235. The van der Waals surface area contributed by atoms with Crippen molar-refractivity contribution in [1.29, 1.82) is 0 Å². The average molecular weight is 281 g/mol. The van der Waals surface area contributed by atoms with E-state index < -0.39 is 0 Å². The molecule has 4 heteroatoms. The SMILES string of the molecule is CC(CCc1ccc(O)cc1)Nc1cccc2cn[nH]c12. The first-order valence-corrected chi connectivity index (χ1v) is 7.19. The molecule has 3 aromatic rings. The van der Waals surface area contributed by atoms with Gasteiger partial charge in [-0.1, -0.05) is 24.3 Å². The van der Waals surface area contributed by atoms with Crippen molar-refractivity contribution < 1.29 is 5.11 Å². The number of nitrogens with zero attached hydrogens (tertiary/aromatic N) is 1. The van der Waals surface area contributed by atoms with Crippen molar-refractivity contribution in [2.75, 3.05) is 5.32 Å². The zero-order chi connectivity index (χ0) is 14.7. The number of hydrogen-bond donors (Lipinski definition) is 3. The Labute approximate surface area is 123 Å². The first-order valence-electron chi connectivity index (χ1n) is 7.19. The van der Waals surface area contributed by atoms with Crippen molar-refractivity contribution in [2.24, 2.45) is 0 Å². The molecule has 108 valence electrons. The van der Waals surface area contributed by atoms with Crippen LogP contribution >= 0.6 is 0 Å². The molecule has 1 atom stereocenters. The Morgan fingerprint density at radius 3 is 2.81 bits per heavy atom. The van der Waals surface area contributed by atoms with Crippen LogP contribution in [0.15, 0.2) is 48.7 Å². The topological polar surface area (TPSA) is 60.9 Å². The first-order chi connectivity index (χ1) is 10.2. The lowest BCUT2D eigenvalue weighted by Gasteiger charge is -2.15. The van der Waals surface area contributed by atoms with Crippen LogP contribution in [0.1, 0.15) is 18.9 Å². The third-order valence-corrected chi connectivity index (χ3v) is 3.68. The molecule has 0 bridgehead atoms. The highest BCUT2D eigenvalue weighted by molar-refractivity contribution is 5.89. The number of fused-ring (bicyclic) bond motifs is 1. The van der Waals surface area contributed by atoms with Crippen LogP contribution in [-0.2, 0) is 6.42 Å². The van der Waals surface area contributed by atoms with Gasteiger partial charge < -0.3 is 10.4 Å². The van der Waals surface area contributed by atoms with E-state index >= 15 is 0 Å². The maximum atomic E-state index is 9.29. The first kappa shape index (κ1) is 13.5. The molecular formula is C17H19N3O. The molecule has 1 aromatic heterocycles. The number of para-hydroxylation sites is 1. The molecule has 0 aliphatic carbocycles. The minimum atomic E-state index is 0.316. The van der Waals surface area contributed by atoms with Gasteiger partial charge in [-0.2, -0.15) is 5.10 Å². The lowest BCUT2D eigenvalue weighted by molar-refractivity contribution is 0.475. The molecule has 0 amide bonds. The second kappa shape index (κ2) is 5.87. The molecule has 2 aromatic carbocycles. The Morgan fingerprint density at radius 1 is 1.19 bits per heavy atom. The van der Waals surface area contributed by atoms with Gasteiger partial charge in [0, 0.05) is 11.4 Å². The fourth-order valence-corrected chi connectivity index (χ4v) is 2.47. The monoisotopic (exact) mass is 281 g/mol. The minimum Gasteiger partial charge on any atom is -0.508 e. The molecule has 0 fully saturated rings. The maximum absolute atomic E-state index is 9.29. The number of hydrogen-bond acceptors (Lipinski definition) is 3. The minimum absolute atomic E-state index is 0.316. The van der Waals surface area contributed by atoms with E-state index in [-0.39, 0.29) is 0 Å². The molecule has 0 saturated carbocycles. The van der Waals surface area contributed by atoms with E-state index in [9.17, 15) is 5.11 Å². The van der Waals surface area contributed by atoms with Crippen molar-refractivity contribution in [3.63, 3.8) is 0 Å². The van der Waals surface area contributed by atoms with Gasteiger partial charge in [-0.05, 0) is 43.5 Å². The van der Waals surface area contributed by atoms with Crippen LogP contribution in [0, 0.1) is 0 Å². The Kier molecular flexibility index (Phi) is 3.77. The molecule has 0 aliphatic heterocycles. The lowest BCUT2D eigenvalue weighted by atomic mass is 10.1. The molecule has 1 unspecified atom stereocenters. The number of aromatic nitrogens is 2. The summed E-state index contributed by atoms with van der Waals surface area (Å²) in [6, 6.07) is 13.9. The molecular weight excluding hydrogens is 262 g/mol. The number of phenols is 1. The number of nitrogens with one attached hydrogen (secondary N) is 2. The average Bonchev–Trinajstić information content (AvgIpc) is 2.96. The maximum Gasteiger partial charge on any atom is 0.115 e. The van der Waals surface area contributed by atoms with Crippen LogP contribution in [0.4, 0.5) is 5.69 Å². The van der Waals surface area contributed by atoms with Crippen molar-refractivity contribution in [3.05, 3.63) is 54.2 Å². The van der Waals surface area contributed by atoms with Crippen LogP contribution in [0.25, 0.3) is 10.9 Å². The van der Waals surface area contributed by atoms with Crippen LogP contribution < -0.4 is 5.32 Å². The molecule has 21 heavy (non-hydrogen) atoms. The van der Waals surface area contributed by atoms with Crippen molar-refractivity contribution in [3.8, 4) is 5.75 Å². The number of H-pyrrole nitrogens is 1. The summed E-state index contributed by atoms with van der Waals surface area (Å²) >= 11 is 0. The Hall–Kier alpha value is -2.49. The standard InChI is InChI=1S/C17H19N3O/c1-12(5-6-13-7-9-15(21)10-8-13)19-16-4-2-3-14-11-18-20-17(14)16/h2-4,7-12,19,21H,5-6H2,1H3,(H,18,20). The smallest absolute Gasteiger partial charge is 0.115 e. The second-order valence-corrected chi connectivity index (χ2v) is 5.39. The van der Waals surface area contributed by atoms with E-state index in [4.69, 9.17) is 0 Å². The summed E-state index contributed by atoms with van der Waals surface area (Å²) in [5.41, 5.74) is 3.37. The highest BCUT2D eigenvalue weighted by Crippen LogP contribution is 2.22. The van der Waals surface area contributed by atoms with Crippen molar-refractivity contribution >= 4 is 16.6 Å². The number of rotatable bonds is 5. The molecule has 4 nitrogen and oxygen atoms in total. The molecule has 3 rings (SSSR count). The summed E-state index contributed by atoms with van der Waals surface area (Å²) in [6.45, 7) is 2.18. The van der Waals surface area contributed by atoms with Gasteiger partial charge in [-0.15, -0.1) is 0 Å². The molecule has 1 heterocycles. The number of anilines is 1. The van der Waals surface area contributed by atoms with E-state index in [2.05, 4.69) is 28.5 Å². The highest BCUT2D eigenvalue weighted by Gasteiger charge is 2.07. The summed E-state index contributed by atoms with van der Waals surface area (Å²) < 4.78 is 0. The predicted octanol–water partition coefficient (Wildman–Crippen LogP) is 3.70. The number of aromatic amines is 1. The van der Waals surface area contributed by atoms with Gasteiger partial charge in [0.05, 0.1) is 17.4 Å². The van der Waals surface area contributed by atoms with Crippen LogP contribution in [0.2, 0.25) is 0 Å². The number of aryl methyl sites for hydroxylation is 1. The molecule has 0 saturated heterocycles. The van der Waals surface area contributed by atoms with Crippen molar-refractivity contribution in [1.82, 2.24) is 10.2 Å². The summed E-state index contributed by atoms with van der Waals surface area (Å²) in [4.78, 5) is 0. The van der Waals surface area contributed by atoms with Crippen LogP contribution in [-0.4, -0.2) is 21.3 Å². The van der Waals surface area contributed by atoms with Gasteiger partial charge in [0.15, 0.2) is 0 Å². The van der Waals surface area contributed by atoms with Gasteiger partial charge in [-0.3, -0.25) is 5.10 Å². The van der Waals surface area contributed by atoms with Gasteiger partial charge in [0.25, 0.3) is 0 Å². The zero-order valence-corrected chi connectivity index (χ0v) is 12.0. The molecule has 0 radical (unpaired) electrons. The van der Waals surface area contributed by atoms with Gasteiger partial charge in [0.2, 0.25) is 0 Å². The van der Waals surface area contributed by atoms with E-state index in [1.165, 1.54) is 5.56 Å². The van der Waals surface area contributed by atoms with E-state index in [1.807, 2.05) is 30.5 Å². The summed E-state index contributed by atoms with van der Waals surface area (Å²) in [7, 11) is 0. The second-order valence-electron chi connectivity index (χ2n) is 5.39. The van der Waals surface area contributed by atoms with Crippen LogP contribution in [0.5, 0.6) is 5.75 Å². The zero-order valence-electron chi connectivity index (χ0n) is 12.0. The van der Waals surface area contributed by atoms with Crippen molar-refractivity contribution in [2.45, 2.75) is 25.8 Å². The highest BCUT2D eigenvalue weighted by atomic mass is 16.3. The fourth-order valence-electron chi connectivity index (χ4n) is 2.47. The largest absolute Gasteiger partial charge is 0.508 e. The number of benzene rings is 2. The van der Waals surface area contributed by atoms with E-state index in [0.717, 1.165) is 29.4 Å². The lowest BCUT2D eigenvalue weighted by Crippen LogP contribution is -2.16. The quantitative estimate of drug-likeness (QED) is 0.668. The van der Waals surface area contributed by atoms with Gasteiger partial charge >= 0.3 is 0 Å². The predicted molar refractivity (Wildman–Crippen MR) is 85.6 cm³/mol. The van der Waals surface area contributed by atoms with E-state index in [1.54, 1.807) is 12.1 Å². The van der Waals surface area contributed by atoms with Gasteiger partial charge in [-0.25, -0.2) is 0 Å². The third kappa shape index (κ3) is 3.16. The number of aromatic hydroxyl groups is 1. The number of phenolic OH excluding ortho intramolecular Hbond substituents is 1. The summed E-state index contributed by atoms with van der Waals surface area (Å²) in [5, 5.41) is 21.1. The molecule has 0 aliphatic rings. The molecule has 0 spiro atoms. The van der Waals surface area contributed by atoms with E-state index in [0.29, 0.717) is 11.8 Å². The van der Waals surface area contributed by atoms with Gasteiger partial charge in [0.1, 0.15) is 5.75 Å². The third-order valence-electron chi connectivity index (χ3n) is 3.68.